The van der Waals surface area contributed by atoms with Gasteiger partial charge < -0.3 is 5.32 Å². The van der Waals surface area contributed by atoms with Crippen LogP contribution in [-0.2, 0) is 11.0 Å². The monoisotopic (exact) mass is 502 g/mol. The van der Waals surface area contributed by atoms with Crippen LogP contribution in [0.25, 0.3) is 17.1 Å². The van der Waals surface area contributed by atoms with E-state index in [0.29, 0.717) is 11.0 Å². The number of rotatable bonds is 6. The van der Waals surface area contributed by atoms with Crippen molar-refractivity contribution in [3.05, 3.63) is 88.9 Å². The second-order valence-corrected chi connectivity index (χ2v) is 8.73. The minimum Gasteiger partial charge on any atom is -0.324 e. The molecule has 0 saturated heterocycles. The van der Waals surface area contributed by atoms with Gasteiger partial charge >= 0.3 is 6.18 Å². The van der Waals surface area contributed by atoms with Crippen molar-refractivity contribution in [2.75, 3.05) is 11.1 Å². The Morgan fingerprint density at radius 1 is 1.03 bits per heavy atom. The Morgan fingerprint density at radius 2 is 1.79 bits per heavy atom. The van der Waals surface area contributed by atoms with Gasteiger partial charge in [0, 0.05) is 11.3 Å². The van der Waals surface area contributed by atoms with Crippen molar-refractivity contribution in [3.63, 3.8) is 0 Å². The Labute approximate surface area is 203 Å². The summed E-state index contributed by atoms with van der Waals surface area (Å²) < 4.78 is 40.8. The molecule has 0 aliphatic rings. The topological polar surface area (TPSA) is 59.8 Å². The highest BCUT2D eigenvalue weighted by Crippen LogP contribution is 2.34. The number of halogens is 4. The Morgan fingerprint density at radius 3 is 2.50 bits per heavy atom. The van der Waals surface area contributed by atoms with Gasteiger partial charge in [0.1, 0.15) is 0 Å². The number of aryl methyl sites for hydroxylation is 1. The zero-order valence-corrected chi connectivity index (χ0v) is 19.4. The molecule has 34 heavy (non-hydrogen) atoms. The zero-order valence-electron chi connectivity index (χ0n) is 17.8. The van der Waals surface area contributed by atoms with Crippen molar-refractivity contribution in [1.82, 2.24) is 14.8 Å². The van der Waals surface area contributed by atoms with Crippen LogP contribution in [0, 0.1) is 6.92 Å². The summed E-state index contributed by atoms with van der Waals surface area (Å²) >= 11 is 7.10. The quantitative estimate of drug-likeness (QED) is 0.300. The molecule has 0 atom stereocenters. The van der Waals surface area contributed by atoms with Crippen molar-refractivity contribution >= 4 is 35.0 Å². The van der Waals surface area contributed by atoms with Gasteiger partial charge in [0.25, 0.3) is 0 Å². The van der Waals surface area contributed by atoms with Crippen LogP contribution in [0.2, 0.25) is 5.02 Å². The van der Waals surface area contributed by atoms with E-state index in [1.165, 1.54) is 0 Å². The molecule has 4 aromatic rings. The number of anilines is 1. The van der Waals surface area contributed by atoms with E-state index in [1.807, 2.05) is 66.1 Å². The normalized spacial score (nSPS) is 11.4. The van der Waals surface area contributed by atoms with Crippen LogP contribution in [0.3, 0.4) is 0 Å². The van der Waals surface area contributed by atoms with Crippen LogP contribution in [-0.4, -0.2) is 26.4 Å². The van der Waals surface area contributed by atoms with E-state index in [2.05, 4.69) is 15.5 Å². The molecule has 0 fully saturated rings. The van der Waals surface area contributed by atoms with Crippen molar-refractivity contribution in [1.29, 1.82) is 0 Å². The first-order chi connectivity index (χ1) is 16.2. The first-order valence-corrected chi connectivity index (χ1v) is 11.5. The molecule has 0 unspecified atom stereocenters. The lowest BCUT2D eigenvalue weighted by Gasteiger charge is -2.12. The van der Waals surface area contributed by atoms with Gasteiger partial charge in [0.05, 0.1) is 22.0 Å². The average molecular weight is 503 g/mol. The van der Waals surface area contributed by atoms with Gasteiger partial charge in [-0.25, -0.2) is 0 Å². The van der Waals surface area contributed by atoms with Crippen molar-refractivity contribution in [3.8, 4) is 17.1 Å². The van der Waals surface area contributed by atoms with E-state index >= 15 is 0 Å². The van der Waals surface area contributed by atoms with E-state index in [0.717, 1.165) is 46.8 Å². The van der Waals surface area contributed by atoms with Gasteiger partial charge in [-0.2, -0.15) is 13.2 Å². The van der Waals surface area contributed by atoms with E-state index in [-0.39, 0.29) is 16.5 Å². The highest BCUT2D eigenvalue weighted by atomic mass is 35.5. The molecule has 1 N–H and O–H groups in total. The van der Waals surface area contributed by atoms with Crippen molar-refractivity contribution in [2.45, 2.75) is 18.3 Å². The van der Waals surface area contributed by atoms with Gasteiger partial charge in [-0.15, -0.1) is 10.2 Å². The highest BCUT2D eigenvalue weighted by Gasteiger charge is 2.31. The number of alkyl halides is 3. The lowest BCUT2D eigenvalue weighted by molar-refractivity contribution is -0.137. The van der Waals surface area contributed by atoms with Crippen LogP contribution in [0.5, 0.6) is 0 Å². The number of para-hydroxylation sites is 1. The van der Waals surface area contributed by atoms with E-state index in [9.17, 15) is 18.0 Å². The third-order valence-corrected chi connectivity index (χ3v) is 6.08. The molecule has 1 heterocycles. The maximum absolute atomic E-state index is 13.0. The number of hydrogen-bond donors (Lipinski definition) is 1. The summed E-state index contributed by atoms with van der Waals surface area (Å²) in [6.45, 7) is 1.98. The second kappa shape index (κ2) is 9.90. The molecule has 0 aliphatic carbocycles. The van der Waals surface area contributed by atoms with Crippen LogP contribution < -0.4 is 5.32 Å². The minimum absolute atomic E-state index is 0.0144. The highest BCUT2D eigenvalue weighted by molar-refractivity contribution is 7.99. The molecule has 174 valence electrons. The summed E-state index contributed by atoms with van der Waals surface area (Å²) in [5, 5.41) is 11.5. The SMILES string of the molecule is Cc1cccc(-c2nnc(SCC(=O)Nc3cc(C(F)(F)F)ccc3Cl)n2-c2ccccc2)c1. The lowest BCUT2D eigenvalue weighted by Crippen LogP contribution is -2.16. The number of thioether (sulfide) groups is 1. The molecule has 0 radical (unpaired) electrons. The standard InChI is InChI=1S/C24H18ClF3N4OS/c1-15-6-5-7-16(12-15)22-30-31-23(32(22)18-8-3-2-4-9-18)34-14-21(33)29-20-13-17(24(26,27)28)10-11-19(20)25/h2-13H,14H2,1H3,(H,29,33). The first-order valence-electron chi connectivity index (χ1n) is 10.1. The van der Waals surface area contributed by atoms with Gasteiger partial charge in [-0.1, -0.05) is 65.3 Å². The number of benzene rings is 3. The number of nitrogens with zero attached hydrogens (tertiary/aromatic N) is 3. The summed E-state index contributed by atoms with van der Waals surface area (Å²) in [5.74, 6) is -0.0181. The molecule has 3 aromatic carbocycles. The molecule has 5 nitrogen and oxygen atoms in total. The maximum Gasteiger partial charge on any atom is 0.416 e. The minimum atomic E-state index is -4.54. The Balaban J connectivity index is 1.57. The van der Waals surface area contributed by atoms with Gasteiger partial charge in [0.15, 0.2) is 11.0 Å². The number of aromatic nitrogens is 3. The first kappa shape index (κ1) is 23.8. The summed E-state index contributed by atoms with van der Waals surface area (Å²) in [5.41, 5.74) is 1.74. The molecule has 0 aliphatic heterocycles. The van der Waals surface area contributed by atoms with Crippen LogP contribution in [0.1, 0.15) is 11.1 Å². The predicted octanol–water partition coefficient (Wildman–Crippen LogP) is 6.65. The number of carbonyl (C=O) groups excluding carboxylic acids is 1. The van der Waals surface area contributed by atoms with Crippen LogP contribution >= 0.6 is 23.4 Å². The van der Waals surface area contributed by atoms with Gasteiger partial charge in [-0.05, 0) is 43.3 Å². The maximum atomic E-state index is 13.0. The molecular weight excluding hydrogens is 485 g/mol. The van der Waals surface area contributed by atoms with Gasteiger partial charge in [0.2, 0.25) is 5.91 Å². The molecular formula is C24H18ClF3N4OS. The Kier molecular flexibility index (Phi) is 6.95. The Hall–Kier alpha value is -3.30. The lowest BCUT2D eigenvalue weighted by atomic mass is 10.1. The summed E-state index contributed by atoms with van der Waals surface area (Å²) in [4.78, 5) is 12.5. The van der Waals surface area contributed by atoms with Crippen LogP contribution in [0.15, 0.2) is 78.0 Å². The van der Waals surface area contributed by atoms with E-state index < -0.39 is 17.6 Å². The fourth-order valence-electron chi connectivity index (χ4n) is 3.26. The van der Waals surface area contributed by atoms with Crippen molar-refractivity contribution in [2.24, 2.45) is 0 Å². The van der Waals surface area contributed by atoms with Crippen LogP contribution in [0.4, 0.5) is 18.9 Å². The summed E-state index contributed by atoms with van der Waals surface area (Å²) in [6.07, 6.45) is -4.54. The largest absolute Gasteiger partial charge is 0.416 e. The second-order valence-electron chi connectivity index (χ2n) is 7.38. The fraction of sp³-hybridized carbons (Fsp3) is 0.125. The number of hydrogen-bond acceptors (Lipinski definition) is 4. The van der Waals surface area contributed by atoms with E-state index in [4.69, 9.17) is 11.6 Å². The number of carbonyl (C=O) groups is 1. The third-order valence-electron chi connectivity index (χ3n) is 4.82. The predicted molar refractivity (Wildman–Crippen MR) is 127 cm³/mol. The summed E-state index contributed by atoms with van der Waals surface area (Å²) in [6, 6.07) is 20.0. The Bertz CT molecular complexity index is 1330. The van der Waals surface area contributed by atoms with E-state index in [1.54, 1.807) is 0 Å². The molecule has 1 amide bonds. The molecule has 0 saturated carbocycles. The molecule has 1 aromatic heterocycles. The zero-order chi connectivity index (χ0) is 24.3. The van der Waals surface area contributed by atoms with Crippen molar-refractivity contribution < 1.29 is 18.0 Å². The molecule has 0 spiro atoms. The fourth-order valence-corrected chi connectivity index (χ4v) is 4.17. The third kappa shape index (κ3) is 5.43. The molecule has 4 rings (SSSR count). The number of nitrogens with one attached hydrogen (secondary N) is 1. The average Bonchev–Trinajstić information content (AvgIpc) is 3.23. The smallest absolute Gasteiger partial charge is 0.324 e. The molecule has 0 bridgehead atoms. The molecule has 10 heteroatoms. The number of amides is 1. The summed E-state index contributed by atoms with van der Waals surface area (Å²) in [7, 11) is 0. The van der Waals surface area contributed by atoms with Gasteiger partial charge in [-0.3, -0.25) is 9.36 Å².